The average molecular weight is 182 g/mol. The number of para-hydroxylation sites is 1. The van der Waals surface area contributed by atoms with Crippen molar-refractivity contribution in [2.24, 2.45) is 0 Å². The molecule has 0 saturated carbocycles. The highest BCUT2D eigenvalue weighted by molar-refractivity contribution is 6.34. The number of ketones is 1. The molecule has 13 heavy (non-hydrogen) atoms. The van der Waals surface area contributed by atoms with Crippen LogP contribution in [0.25, 0.3) is 0 Å². The molecule has 1 rings (SSSR count). The monoisotopic (exact) mass is 182 g/mol. The molecule has 1 aromatic carbocycles. The lowest BCUT2D eigenvalue weighted by molar-refractivity contribution is -0.147. The van der Waals surface area contributed by atoms with E-state index < -0.39 is 18.4 Å². The normalized spacial score (nSPS) is 9.31. The summed E-state index contributed by atoms with van der Waals surface area (Å²) in [7, 11) is 0. The molecular weight excluding hydrogens is 175 g/mol. The van der Waals surface area contributed by atoms with E-state index >= 15 is 0 Å². The fraction of sp³-hybridized carbons (Fsp3) is 0.111. The lowest BCUT2D eigenvalue weighted by Gasteiger charge is -1.99. The molecule has 3 nitrogen and oxygen atoms in total. The highest BCUT2D eigenvalue weighted by atomic mass is 19.1. The van der Waals surface area contributed by atoms with Gasteiger partial charge in [0.05, 0.1) is 0 Å². The molecule has 0 saturated heterocycles. The van der Waals surface area contributed by atoms with E-state index in [1.807, 2.05) is 0 Å². The molecule has 0 aromatic heterocycles. The van der Waals surface area contributed by atoms with Crippen LogP contribution in [0.1, 0.15) is 0 Å². The first-order valence-electron chi connectivity index (χ1n) is 3.60. The van der Waals surface area contributed by atoms with Crippen LogP contribution in [0.15, 0.2) is 30.3 Å². The largest absolute Gasteiger partial charge is 0.421 e. The van der Waals surface area contributed by atoms with Crippen LogP contribution in [-0.2, 0) is 9.59 Å². The van der Waals surface area contributed by atoms with Crippen LogP contribution in [0.4, 0.5) is 4.39 Å². The average Bonchev–Trinajstić information content (AvgIpc) is 2.18. The molecule has 0 radical (unpaired) electrons. The number of alkyl halides is 1. The van der Waals surface area contributed by atoms with Gasteiger partial charge in [0.2, 0.25) is 0 Å². The van der Waals surface area contributed by atoms with Crippen LogP contribution in [0.3, 0.4) is 0 Å². The van der Waals surface area contributed by atoms with Crippen molar-refractivity contribution in [3.05, 3.63) is 30.3 Å². The van der Waals surface area contributed by atoms with Gasteiger partial charge in [-0.05, 0) is 12.1 Å². The number of hydrogen-bond donors (Lipinski definition) is 0. The van der Waals surface area contributed by atoms with Crippen molar-refractivity contribution >= 4 is 11.8 Å². The van der Waals surface area contributed by atoms with Gasteiger partial charge in [-0.1, -0.05) is 18.2 Å². The molecule has 0 fully saturated rings. The third kappa shape index (κ3) is 2.66. The van der Waals surface area contributed by atoms with E-state index in [1.165, 1.54) is 12.1 Å². The van der Waals surface area contributed by atoms with E-state index in [4.69, 9.17) is 0 Å². The number of Topliss-reactive ketones (excluding diaryl/α,β-unsaturated/α-hetero) is 1. The van der Waals surface area contributed by atoms with Gasteiger partial charge in [-0.2, -0.15) is 0 Å². The highest BCUT2D eigenvalue weighted by Gasteiger charge is 2.15. The van der Waals surface area contributed by atoms with Crippen molar-refractivity contribution in [3.63, 3.8) is 0 Å². The maximum Gasteiger partial charge on any atom is 0.382 e. The molecule has 0 heterocycles. The molecule has 0 aliphatic heterocycles. The first-order valence-corrected chi connectivity index (χ1v) is 3.60. The van der Waals surface area contributed by atoms with Gasteiger partial charge in [0.1, 0.15) is 5.75 Å². The van der Waals surface area contributed by atoms with Crippen LogP contribution in [-0.4, -0.2) is 18.4 Å². The molecule has 0 aliphatic carbocycles. The minimum Gasteiger partial charge on any atom is -0.421 e. The van der Waals surface area contributed by atoms with E-state index in [2.05, 4.69) is 4.74 Å². The fourth-order valence-corrected chi connectivity index (χ4v) is 0.707. The van der Waals surface area contributed by atoms with E-state index in [-0.39, 0.29) is 5.75 Å². The summed E-state index contributed by atoms with van der Waals surface area (Å²) in [5, 5.41) is 0. The molecule has 0 atom stereocenters. The predicted molar refractivity (Wildman–Crippen MR) is 43.1 cm³/mol. The second-order valence-corrected chi connectivity index (χ2v) is 2.26. The van der Waals surface area contributed by atoms with Crippen LogP contribution < -0.4 is 4.74 Å². The zero-order valence-corrected chi connectivity index (χ0v) is 6.70. The summed E-state index contributed by atoms with van der Waals surface area (Å²) in [6.45, 7) is -1.33. The number of benzene rings is 1. The number of hydrogen-bond acceptors (Lipinski definition) is 3. The first-order chi connectivity index (χ1) is 6.24. The van der Waals surface area contributed by atoms with E-state index in [9.17, 15) is 14.0 Å². The Labute approximate surface area is 74.1 Å². The zero-order chi connectivity index (χ0) is 9.68. The predicted octanol–water partition coefficient (Wildman–Crippen LogP) is 1.13. The van der Waals surface area contributed by atoms with Gasteiger partial charge in [0, 0.05) is 0 Å². The molecule has 0 unspecified atom stereocenters. The van der Waals surface area contributed by atoms with E-state index in [1.54, 1.807) is 18.2 Å². The summed E-state index contributed by atoms with van der Waals surface area (Å²) in [5.74, 6) is -2.12. The Bertz CT molecular complexity index is 308. The molecule has 0 spiro atoms. The lowest BCUT2D eigenvalue weighted by Crippen LogP contribution is -2.21. The van der Waals surface area contributed by atoms with Crippen molar-refractivity contribution in [2.45, 2.75) is 0 Å². The van der Waals surface area contributed by atoms with E-state index in [0.717, 1.165) is 0 Å². The Balaban J connectivity index is 2.60. The van der Waals surface area contributed by atoms with Crippen LogP contribution in [0.5, 0.6) is 5.75 Å². The second-order valence-electron chi connectivity index (χ2n) is 2.26. The fourth-order valence-electron chi connectivity index (χ4n) is 0.707. The number of carbonyl (C=O) groups excluding carboxylic acids is 2. The molecule has 4 heteroatoms. The summed E-state index contributed by atoms with van der Waals surface area (Å²) in [4.78, 5) is 21.2. The van der Waals surface area contributed by atoms with E-state index in [0.29, 0.717) is 0 Å². The van der Waals surface area contributed by atoms with Gasteiger partial charge in [0.15, 0.2) is 6.67 Å². The van der Waals surface area contributed by atoms with Gasteiger partial charge in [0.25, 0.3) is 5.78 Å². The third-order valence-corrected chi connectivity index (χ3v) is 1.30. The van der Waals surface area contributed by atoms with Gasteiger partial charge < -0.3 is 4.74 Å². The molecular formula is C9H7FO3. The Morgan fingerprint density at radius 1 is 1.23 bits per heavy atom. The Morgan fingerprint density at radius 3 is 2.38 bits per heavy atom. The standard InChI is InChI=1S/C9H7FO3/c10-6-8(11)9(12)13-7-4-2-1-3-5-7/h1-5H,6H2. The Hall–Kier alpha value is -1.71. The molecule has 0 aliphatic rings. The summed E-state index contributed by atoms with van der Waals surface area (Å²) in [6, 6.07) is 8.02. The van der Waals surface area contributed by atoms with Crippen molar-refractivity contribution in [2.75, 3.05) is 6.67 Å². The summed E-state index contributed by atoms with van der Waals surface area (Å²) >= 11 is 0. The second kappa shape index (κ2) is 4.35. The maximum atomic E-state index is 11.7. The van der Waals surface area contributed by atoms with Gasteiger partial charge >= 0.3 is 5.97 Å². The van der Waals surface area contributed by atoms with Crippen LogP contribution in [0.2, 0.25) is 0 Å². The molecule has 0 amide bonds. The molecule has 0 bridgehead atoms. The number of rotatable bonds is 3. The van der Waals surface area contributed by atoms with Crippen molar-refractivity contribution in [1.29, 1.82) is 0 Å². The van der Waals surface area contributed by atoms with Crippen molar-refractivity contribution in [3.8, 4) is 5.75 Å². The topological polar surface area (TPSA) is 43.4 Å². The summed E-state index contributed by atoms with van der Waals surface area (Å²) < 4.78 is 16.2. The summed E-state index contributed by atoms with van der Waals surface area (Å²) in [5.41, 5.74) is 0. The third-order valence-electron chi connectivity index (χ3n) is 1.30. The number of ether oxygens (including phenoxy) is 1. The lowest BCUT2D eigenvalue weighted by atomic mass is 10.3. The quantitative estimate of drug-likeness (QED) is 0.400. The van der Waals surface area contributed by atoms with Crippen molar-refractivity contribution < 1.29 is 18.7 Å². The summed E-state index contributed by atoms with van der Waals surface area (Å²) in [6.07, 6.45) is 0. The Morgan fingerprint density at radius 2 is 1.85 bits per heavy atom. The SMILES string of the molecule is O=C(CF)C(=O)Oc1ccccc1. The number of carbonyl (C=O) groups is 2. The maximum absolute atomic E-state index is 11.7. The molecule has 1 aromatic rings. The van der Waals surface area contributed by atoms with Gasteiger partial charge in [-0.25, -0.2) is 9.18 Å². The van der Waals surface area contributed by atoms with Gasteiger partial charge in [-0.3, -0.25) is 4.79 Å². The zero-order valence-electron chi connectivity index (χ0n) is 6.70. The smallest absolute Gasteiger partial charge is 0.382 e. The highest BCUT2D eigenvalue weighted by Crippen LogP contribution is 2.08. The number of esters is 1. The Kier molecular flexibility index (Phi) is 3.14. The van der Waals surface area contributed by atoms with Gasteiger partial charge in [-0.15, -0.1) is 0 Å². The minimum atomic E-state index is -1.33. The van der Waals surface area contributed by atoms with Crippen LogP contribution in [0, 0.1) is 0 Å². The van der Waals surface area contributed by atoms with Crippen LogP contribution >= 0.6 is 0 Å². The first kappa shape index (κ1) is 9.38. The van der Waals surface area contributed by atoms with Crippen molar-refractivity contribution in [1.82, 2.24) is 0 Å². The molecule has 68 valence electrons. The number of halogens is 1. The minimum absolute atomic E-state index is 0.231. The molecule has 0 N–H and O–H groups in total.